The van der Waals surface area contributed by atoms with Gasteiger partial charge in [-0.05, 0) is 38.5 Å². The molecular weight excluding hydrogens is 537 g/mol. The van der Waals surface area contributed by atoms with Crippen LogP contribution in [0.2, 0.25) is 0 Å². The van der Waals surface area contributed by atoms with Crippen LogP contribution in [0, 0.1) is 0 Å². The Morgan fingerprint density at radius 1 is 1.15 bits per heavy atom. The van der Waals surface area contributed by atoms with Crippen molar-refractivity contribution in [2.45, 2.75) is 39.3 Å². The summed E-state index contributed by atoms with van der Waals surface area (Å²) in [6, 6.07) is 6.22. The van der Waals surface area contributed by atoms with Crippen LogP contribution in [0.4, 0.5) is 0 Å². The number of rotatable bonds is 11. The molecule has 1 aliphatic rings. The van der Waals surface area contributed by atoms with Crippen molar-refractivity contribution >= 4 is 35.8 Å². The van der Waals surface area contributed by atoms with Crippen LogP contribution in [0.5, 0.6) is 11.5 Å². The van der Waals surface area contributed by atoms with Gasteiger partial charge >= 0.3 is 0 Å². The lowest BCUT2D eigenvalue weighted by Crippen LogP contribution is -2.42. The number of amides is 1. The number of benzene rings is 1. The topological polar surface area (TPSA) is 96.5 Å². The van der Waals surface area contributed by atoms with Crippen LogP contribution in [-0.2, 0) is 9.53 Å². The molecule has 1 unspecified atom stereocenters. The monoisotopic (exact) mass is 577 g/mol. The first-order valence-corrected chi connectivity index (χ1v) is 11.3. The van der Waals surface area contributed by atoms with E-state index >= 15 is 0 Å². The zero-order chi connectivity index (χ0) is 23.3. The molecule has 0 bridgehead atoms. The quantitative estimate of drug-likeness (QED) is 0.211. The maximum atomic E-state index is 11.9. The molecule has 1 aromatic carbocycles. The molecule has 0 radical (unpaired) electrons. The zero-order valence-electron chi connectivity index (χ0n) is 20.5. The van der Waals surface area contributed by atoms with Gasteiger partial charge in [0.2, 0.25) is 5.91 Å². The second-order valence-electron chi connectivity index (χ2n) is 7.90. The summed E-state index contributed by atoms with van der Waals surface area (Å²) >= 11 is 0. The highest BCUT2D eigenvalue weighted by molar-refractivity contribution is 14.0. The standard InChI is InChI=1S/C23H39N5O4.HI/c1-6-24-23(25-10-9-22(29)27-17(2)3)26-16-19(28-11-13-32-14-12-28)18-7-8-20(30-4)21(15-18)31-5;/h7-8,15,17,19H,6,9-14,16H2,1-5H3,(H,27,29)(H2,24,25,26);1H. The zero-order valence-corrected chi connectivity index (χ0v) is 22.8. The van der Waals surface area contributed by atoms with Gasteiger partial charge in [-0.1, -0.05) is 6.07 Å². The first kappa shape index (κ1) is 29.2. The van der Waals surface area contributed by atoms with E-state index in [-0.39, 0.29) is 42.0 Å². The Kier molecular flexibility index (Phi) is 14.1. The SMILES string of the molecule is CCNC(=NCC(c1ccc(OC)c(OC)c1)N1CCOCC1)NCCC(=O)NC(C)C.I. The molecule has 2 rings (SSSR count). The number of carbonyl (C=O) groups excluding carboxylic acids is 1. The fourth-order valence-electron chi connectivity index (χ4n) is 3.59. The van der Waals surface area contributed by atoms with E-state index in [0.29, 0.717) is 50.2 Å². The Hall–Kier alpha value is -1.79. The van der Waals surface area contributed by atoms with Gasteiger partial charge in [-0.25, -0.2) is 0 Å². The molecule has 1 aromatic rings. The first-order chi connectivity index (χ1) is 15.5. The third-order valence-electron chi connectivity index (χ3n) is 5.14. The summed E-state index contributed by atoms with van der Waals surface area (Å²) in [5.74, 6) is 2.13. The van der Waals surface area contributed by atoms with Gasteiger partial charge in [0.05, 0.1) is 40.0 Å². The van der Waals surface area contributed by atoms with Crippen LogP contribution >= 0.6 is 24.0 Å². The molecule has 1 heterocycles. The van der Waals surface area contributed by atoms with Crippen molar-refractivity contribution < 1.29 is 19.0 Å². The Labute approximate surface area is 215 Å². The summed E-state index contributed by atoms with van der Waals surface area (Å²) < 4.78 is 16.5. The van der Waals surface area contributed by atoms with Gasteiger partial charge in [0.15, 0.2) is 17.5 Å². The molecule has 3 N–H and O–H groups in total. The highest BCUT2D eigenvalue weighted by atomic mass is 127. The third kappa shape index (κ3) is 9.93. The van der Waals surface area contributed by atoms with Crippen LogP contribution in [0.1, 0.15) is 38.8 Å². The van der Waals surface area contributed by atoms with Crippen LogP contribution < -0.4 is 25.4 Å². The molecule has 33 heavy (non-hydrogen) atoms. The molecule has 1 atom stereocenters. The van der Waals surface area contributed by atoms with Crippen molar-refractivity contribution in [3.63, 3.8) is 0 Å². The Morgan fingerprint density at radius 2 is 1.85 bits per heavy atom. The minimum atomic E-state index is 0. The number of ether oxygens (including phenoxy) is 3. The number of morpholine rings is 1. The minimum absolute atomic E-state index is 0. The molecule has 1 fully saturated rings. The molecule has 0 saturated carbocycles. The van der Waals surface area contributed by atoms with E-state index in [4.69, 9.17) is 19.2 Å². The van der Waals surface area contributed by atoms with Gasteiger partial charge in [0, 0.05) is 38.6 Å². The smallest absolute Gasteiger partial charge is 0.221 e. The molecule has 10 heteroatoms. The molecule has 1 saturated heterocycles. The summed E-state index contributed by atoms with van der Waals surface area (Å²) in [5, 5.41) is 9.44. The van der Waals surface area contributed by atoms with Crippen LogP contribution in [0.15, 0.2) is 23.2 Å². The number of nitrogens with zero attached hydrogens (tertiary/aromatic N) is 2. The summed E-state index contributed by atoms with van der Waals surface area (Å²) in [6.45, 7) is 10.8. The van der Waals surface area contributed by atoms with E-state index < -0.39 is 0 Å². The second kappa shape index (κ2) is 15.9. The van der Waals surface area contributed by atoms with Crippen LogP contribution in [0.25, 0.3) is 0 Å². The maximum Gasteiger partial charge on any atom is 0.221 e. The number of hydrogen-bond donors (Lipinski definition) is 3. The molecular formula is C23H40IN5O4. The lowest BCUT2D eigenvalue weighted by Gasteiger charge is -2.34. The van der Waals surface area contributed by atoms with Gasteiger partial charge in [0.1, 0.15) is 0 Å². The number of guanidine groups is 1. The summed E-state index contributed by atoms with van der Waals surface area (Å²) in [4.78, 5) is 19.1. The van der Waals surface area contributed by atoms with Crippen LogP contribution in [0.3, 0.4) is 0 Å². The molecule has 1 aliphatic heterocycles. The second-order valence-corrected chi connectivity index (χ2v) is 7.90. The maximum absolute atomic E-state index is 11.9. The first-order valence-electron chi connectivity index (χ1n) is 11.3. The van der Waals surface area contributed by atoms with Gasteiger partial charge in [-0.2, -0.15) is 0 Å². The van der Waals surface area contributed by atoms with Crippen molar-refractivity contribution in [1.29, 1.82) is 0 Å². The minimum Gasteiger partial charge on any atom is -0.493 e. The number of hydrogen-bond acceptors (Lipinski definition) is 6. The average molecular weight is 578 g/mol. The third-order valence-corrected chi connectivity index (χ3v) is 5.14. The summed E-state index contributed by atoms with van der Waals surface area (Å²) in [5.41, 5.74) is 1.11. The van der Waals surface area contributed by atoms with E-state index in [1.54, 1.807) is 14.2 Å². The number of aliphatic imine (C=N–C) groups is 1. The Balaban J connectivity index is 0.00000544. The fourth-order valence-corrected chi connectivity index (χ4v) is 3.59. The number of methoxy groups -OCH3 is 2. The average Bonchev–Trinajstić information content (AvgIpc) is 2.79. The Bertz CT molecular complexity index is 742. The lowest BCUT2D eigenvalue weighted by molar-refractivity contribution is -0.121. The van der Waals surface area contributed by atoms with E-state index in [0.717, 1.165) is 25.2 Å². The van der Waals surface area contributed by atoms with Crippen molar-refractivity contribution in [2.24, 2.45) is 4.99 Å². The van der Waals surface area contributed by atoms with Gasteiger partial charge in [0.25, 0.3) is 0 Å². The van der Waals surface area contributed by atoms with Gasteiger partial charge in [-0.3, -0.25) is 14.7 Å². The van der Waals surface area contributed by atoms with Crippen molar-refractivity contribution in [3.05, 3.63) is 23.8 Å². The summed E-state index contributed by atoms with van der Waals surface area (Å²) in [7, 11) is 3.28. The van der Waals surface area contributed by atoms with E-state index in [1.165, 1.54) is 0 Å². The van der Waals surface area contributed by atoms with E-state index in [9.17, 15) is 4.79 Å². The molecule has 0 aliphatic carbocycles. The fraction of sp³-hybridized carbons (Fsp3) is 0.652. The van der Waals surface area contributed by atoms with E-state index in [2.05, 4.69) is 26.9 Å². The number of carbonyl (C=O) groups is 1. The lowest BCUT2D eigenvalue weighted by atomic mass is 10.0. The molecule has 9 nitrogen and oxygen atoms in total. The highest BCUT2D eigenvalue weighted by Gasteiger charge is 2.24. The Morgan fingerprint density at radius 3 is 2.45 bits per heavy atom. The molecule has 188 valence electrons. The predicted octanol–water partition coefficient (Wildman–Crippen LogP) is 2.16. The molecule has 0 aromatic heterocycles. The van der Waals surface area contributed by atoms with Crippen LogP contribution in [-0.4, -0.2) is 83.0 Å². The molecule has 1 amide bonds. The molecule has 0 spiro atoms. The number of halogens is 1. The largest absolute Gasteiger partial charge is 0.493 e. The summed E-state index contributed by atoms with van der Waals surface area (Å²) in [6.07, 6.45) is 0.394. The van der Waals surface area contributed by atoms with Crippen molar-refractivity contribution in [1.82, 2.24) is 20.9 Å². The van der Waals surface area contributed by atoms with Gasteiger partial charge in [-0.15, -0.1) is 24.0 Å². The van der Waals surface area contributed by atoms with Gasteiger partial charge < -0.3 is 30.2 Å². The predicted molar refractivity (Wildman–Crippen MR) is 142 cm³/mol. The highest BCUT2D eigenvalue weighted by Crippen LogP contribution is 2.32. The van der Waals surface area contributed by atoms with E-state index in [1.807, 2.05) is 32.9 Å². The van der Waals surface area contributed by atoms with Crippen molar-refractivity contribution in [3.8, 4) is 11.5 Å². The van der Waals surface area contributed by atoms with Crippen molar-refractivity contribution in [2.75, 3.05) is 60.2 Å². The normalized spacial score (nSPS) is 15.4. The number of nitrogens with one attached hydrogen (secondary N) is 3.